The predicted octanol–water partition coefficient (Wildman–Crippen LogP) is 2.84. The van der Waals surface area contributed by atoms with E-state index in [-0.39, 0.29) is 5.92 Å². The van der Waals surface area contributed by atoms with Gasteiger partial charge in [0, 0.05) is 22.9 Å². The zero-order valence-electron chi connectivity index (χ0n) is 12.1. The number of methoxy groups -OCH3 is 1. The second kappa shape index (κ2) is 5.50. The third-order valence-corrected chi connectivity index (χ3v) is 4.03. The van der Waals surface area contributed by atoms with Crippen LogP contribution in [0.15, 0.2) is 45.1 Å². The minimum absolute atomic E-state index is 0.329. The number of oxazole rings is 1. The molecule has 1 aromatic carbocycles. The number of hydrogen-bond acceptors (Lipinski definition) is 4. The molecule has 5 nitrogen and oxygen atoms in total. The summed E-state index contributed by atoms with van der Waals surface area (Å²) in [4.78, 5) is 24.0. The number of allylic oxidation sites excluding steroid dienone is 1. The van der Waals surface area contributed by atoms with E-state index in [9.17, 15) is 9.59 Å². The van der Waals surface area contributed by atoms with E-state index in [1.807, 2.05) is 6.92 Å². The summed E-state index contributed by atoms with van der Waals surface area (Å²) in [7, 11) is 1.33. The molecule has 1 heterocycles. The molecular formula is C16H14ClNO4. The number of ether oxygens (including phenoxy) is 1. The lowest BCUT2D eigenvalue weighted by Gasteiger charge is -2.18. The van der Waals surface area contributed by atoms with Crippen molar-refractivity contribution in [1.29, 1.82) is 0 Å². The molecule has 0 N–H and O–H groups in total. The Hall–Kier alpha value is -2.27. The first-order chi connectivity index (χ1) is 10.5. The third kappa shape index (κ3) is 2.27. The minimum Gasteiger partial charge on any atom is -0.466 e. The van der Waals surface area contributed by atoms with E-state index < -0.39 is 11.7 Å². The van der Waals surface area contributed by atoms with Crippen molar-refractivity contribution in [2.24, 2.45) is 0 Å². The van der Waals surface area contributed by atoms with Crippen molar-refractivity contribution in [2.45, 2.75) is 19.3 Å². The van der Waals surface area contributed by atoms with Gasteiger partial charge in [-0.3, -0.25) is 0 Å². The molecule has 0 spiro atoms. The minimum atomic E-state index is -0.487. The number of fused-ring (bicyclic) bond motifs is 1. The van der Waals surface area contributed by atoms with E-state index in [0.29, 0.717) is 28.5 Å². The molecule has 1 unspecified atom stereocenters. The zero-order valence-corrected chi connectivity index (χ0v) is 12.9. The van der Waals surface area contributed by atoms with Crippen LogP contribution in [0.5, 0.6) is 0 Å². The lowest BCUT2D eigenvalue weighted by atomic mass is 9.90. The van der Waals surface area contributed by atoms with E-state index in [1.165, 1.54) is 11.7 Å². The quantitative estimate of drug-likeness (QED) is 0.799. The number of nitrogens with zero attached hydrogens (tertiary/aromatic N) is 1. The molecule has 1 aliphatic carbocycles. The van der Waals surface area contributed by atoms with Crippen molar-refractivity contribution in [1.82, 2.24) is 4.57 Å². The van der Waals surface area contributed by atoms with E-state index in [1.54, 1.807) is 30.3 Å². The Kier molecular flexibility index (Phi) is 3.66. The monoisotopic (exact) mass is 319 g/mol. The molecule has 0 amide bonds. The maximum atomic E-state index is 12.2. The molecule has 0 fully saturated rings. The molecule has 0 saturated carbocycles. The fourth-order valence-corrected chi connectivity index (χ4v) is 2.91. The first-order valence-electron chi connectivity index (χ1n) is 6.82. The molecule has 2 aromatic rings. The predicted molar refractivity (Wildman–Crippen MR) is 81.5 cm³/mol. The van der Waals surface area contributed by atoms with Gasteiger partial charge in [0.25, 0.3) is 0 Å². The summed E-state index contributed by atoms with van der Waals surface area (Å²) in [6, 6.07) is 6.99. The van der Waals surface area contributed by atoms with E-state index in [4.69, 9.17) is 20.8 Å². The summed E-state index contributed by atoms with van der Waals surface area (Å²) in [5, 5.41) is 0.536. The van der Waals surface area contributed by atoms with Gasteiger partial charge in [0.1, 0.15) is 5.76 Å². The number of rotatable bonds is 2. The maximum Gasteiger partial charge on any atom is 0.424 e. The van der Waals surface area contributed by atoms with E-state index in [0.717, 1.165) is 5.69 Å². The number of halogens is 1. The smallest absolute Gasteiger partial charge is 0.424 e. The third-order valence-electron chi connectivity index (χ3n) is 3.80. The van der Waals surface area contributed by atoms with Gasteiger partial charge >= 0.3 is 11.7 Å². The number of aromatic nitrogens is 1. The number of carbonyl (C=O) groups is 1. The Morgan fingerprint density at radius 3 is 2.91 bits per heavy atom. The van der Waals surface area contributed by atoms with Gasteiger partial charge in [-0.1, -0.05) is 30.7 Å². The highest BCUT2D eigenvalue weighted by Gasteiger charge is 2.31. The first-order valence-corrected chi connectivity index (χ1v) is 7.19. The molecule has 22 heavy (non-hydrogen) atoms. The molecular weight excluding hydrogens is 306 g/mol. The molecule has 114 valence electrons. The number of esters is 1. The SMILES string of the molecule is COC(=O)C1=CCc2c(oc(=O)n2-c2cccc(Cl)c2)C1C. The maximum absolute atomic E-state index is 12.2. The van der Waals surface area contributed by atoms with E-state index in [2.05, 4.69) is 0 Å². The second-order valence-electron chi connectivity index (χ2n) is 5.07. The molecule has 1 aliphatic rings. The lowest BCUT2D eigenvalue weighted by Crippen LogP contribution is -2.18. The van der Waals surface area contributed by atoms with Crippen molar-refractivity contribution >= 4 is 17.6 Å². The molecule has 1 atom stereocenters. The van der Waals surface area contributed by atoms with Crippen molar-refractivity contribution in [3.05, 3.63) is 62.9 Å². The summed E-state index contributed by atoms with van der Waals surface area (Å²) in [6.45, 7) is 1.81. The van der Waals surface area contributed by atoms with Crippen LogP contribution < -0.4 is 5.76 Å². The van der Waals surface area contributed by atoms with Crippen LogP contribution in [0.4, 0.5) is 0 Å². The first kappa shape index (κ1) is 14.7. The highest BCUT2D eigenvalue weighted by molar-refractivity contribution is 6.30. The lowest BCUT2D eigenvalue weighted by molar-refractivity contribution is -0.136. The van der Waals surface area contributed by atoms with Gasteiger partial charge in [-0.2, -0.15) is 0 Å². The molecule has 1 aromatic heterocycles. The largest absolute Gasteiger partial charge is 0.466 e. The molecule has 0 radical (unpaired) electrons. The summed E-state index contributed by atoms with van der Waals surface area (Å²) >= 11 is 5.99. The summed E-state index contributed by atoms with van der Waals surface area (Å²) in [5.74, 6) is -0.729. The highest BCUT2D eigenvalue weighted by atomic mass is 35.5. The Bertz CT molecular complexity index is 831. The van der Waals surface area contributed by atoms with Gasteiger partial charge in [-0.05, 0) is 18.2 Å². The average molecular weight is 320 g/mol. The van der Waals surface area contributed by atoms with Crippen molar-refractivity contribution in [3.63, 3.8) is 0 Å². The van der Waals surface area contributed by atoms with Gasteiger partial charge in [0.05, 0.1) is 18.5 Å². The highest BCUT2D eigenvalue weighted by Crippen LogP contribution is 2.33. The van der Waals surface area contributed by atoms with Crippen LogP contribution in [0.25, 0.3) is 5.69 Å². The molecule has 0 saturated heterocycles. The summed E-state index contributed by atoms with van der Waals surface area (Å²) < 4.78 is 11.6. The van der Waals surface area contributed by atoms with Gasteiger partial charge in [0.15, 0.2) is 0 Å². The average Bonchev–Trinajstić information content (AvgIpc) is 2.84. The fourth-order valence-electron chi connectivity index (χ4n) is 2.73. The molecule has 0 bridgehead atoms. The summed E-state index contributed by atoms with van der Waals surface area (Å²) in [5.41, 5.74) is 1.87. The molecule has 6 heteroatoms. The van der Waals surface area contributed by atoms with Crippen molar-refractivity contribution in [3.8, 4) is 5.69 Å². The zero-order chi connectivity index (χ0) is 15.9. The van der Waals surface area contributed by atoms with Crippen LogP contribution in [0.1, 0.15) is 24.3 Å². The van der Waals surface area contributed by atoms with Crippen LogP contribution in [0.3, 0.4) is 0 Å². The van der Waals surface area contributed by atoms with Gasteiger partial charge < -0.3 is 9.15 Å². The van der Waals surface area contributed by atoms with Crippen LogP contribution in [-0.4, -0.2) is 17.6 Å². The van der Waals surface area contributed by atoms with Crippen LogP contribution in [0, 0.1) is 0 Å². The number of hydrogen-bond donors (Lipinski definition) is 0. The van der Waals surface area contributed by atoms with Gasteiger partial charge in [-0.25, -0.2) is 14.2 Å². The standard InChI is InChI=1S/C16H14ClNO4/c1-9-12(15(19)21-2)6-7-13-14(9)22-16(20)18(13)11-5-3-4-10(17)8-11/h3-6,8-9H,7H2,1-2H3. The van der Waals surface area contributed by atoms with Crippen molar-refractivity contribution < 1.29 is 13.9 Å². The van der Waals surface area contributed by atoms with Gasteiger partial charge in [0.2, 0.25) is 0 Å². The number of carbonyl (C=O) groups excluding carboxylic acids is 1. The van der Waals surface area contributed by atoms with Crippen LogP contribution in [-0.2, 0) is 16.0 Å². The van der Waals surface area contributed by atoms with Gasteiger partial charge in [-0.15, -0.1) is 0 Å². The van der Waals surface area contributed by atoms with Crippen LogP contribution >= 0.6 is 11.6 Å². The Labute approximate surface area is 131 Å². The Balaban J connectivity index is 2.12. The number of benzene rings is 1. The Morgan fingerprint density at radius 2 is 2.23 bits per heavy atom. The molecule has 0 aliphatic heterocycles. The van der Waals surface area contributed by atoms with Crippen LogP contribution in [0.2, 0.25) is 5.02 Å². The Morgan fingerprint density at radius 1 is 1.45 bits per heavy atom. The topological polar surface area (TPSA) is 61.4 Å². The van der Waals surface area contributed by atoms with E-state index >= 15 is 0 Å². The fraction of sp³-hybridized carbons (Fsp3) is 0.250. The molecule has 3 rings (SSSR count). The second-order valence-corrected chi connectivity index (χ2v) is 5.51. The van der Waals surface area contributed by atoms with Crippen molar-refractivity contribution in [2.75, 3.05) is 7.11 Å². The normalized spacial score (nSPS) is 16.9. The summed E-state index contributed by atoms with van der Waals surface area (Å²) in [6.07, 6.45) is 2.19.